The number of rotatable bonds is 4. The quantitative estimate of drug-likeness (QED) is 0.277. The zero-order valence-electron chi connectivity index (χ0n) is 16.2. The molecule has 31 heavy (non-hydrogen) atoms. The number of nitrogens with one attached hydrogen (secondary N) is 1. The molecular weight excluding hydrogens is 437 g/mol. The van der Waals surface area contributed by atoms with E-state index in [1.165, 1.54) is 18.2 Å². The van der Waals surface area contributed by atoms with Crippen molar-refractivity contribution in [3.63, 3.8) is 0 Å². The zero-order valence-corrected chi connectivity index (χ0v) is 17.7. The first kappa shape index (κ1) is 20.8. The Balaban J connectivity index is 1.82. The number of halogens is 2. The van der Waals surface area contributed by atoms with Gasteiger partial charge in [0.15, 0.2) is 0 Å². The van der Waals surface area contributed by atoms with Crippen LogP contribution in [0.5, 0.6) is 0 Å². The Kier molecular flexibility index (Phi) is 5.59. The molecule has 0 aliphatic rings. The molecule has 0 unspecified atom stereocenters. The minimum atomic E-state index is -0.545. The van der Waals surface area contributed by atoms with Gasteiger partial charge in [0.1, 0.15) is 0 Å². The minimum absolute atomic E-state index is 0.0801. The molecule has 8 heteroatoms. The van der Waals surface area contributed by atoms with Gasteiger partial charge in [0.25, 0.3) is 11.6 Å². The number of non-ortho nitro benzene ring substituents is 1. The summed E-state index contributed by atoms with van der Waals surface area (Å²) < 4.78 is 0. The van der Waals surface area contributed by atoms with Crippen molar-refractivity contribution in [1.29, 1.82) is 0 Å². The van der Waals surface area contributed by atoms with Crippen LogP contribution in [0.25, 0.3) is 22.2 Å². The Morgan fingerprint density at radius 1 is 1.03 bits per heavy atom. The van der Waals surface area contributed by atoms with Crippen LogP contribution in [0.2, 0.25) is 10.0 Å². The first-order valence-electron chi connectivity index (χ1n) is 9.25. The van der Waals surface area contributed by atoms with E-state index < -0.39 is 4.92 Å². The summed E-state index contributed by atoms with van der Waals surface area (Å²) in [4.78, 5) is 28.4. The van der Waals surface area contributed by atoms with E-state index in [1.807, 2.05) is 43.3 Å². The fourth-order valence-corrected chi connectivity index (χ4v) is 3.74. The molecule has 154 valence electrons. The molecule has 0 aliphatic heterocycles. The van der Waals surface area contributed by atoms with Crippen LogP contribution in [-0.2, 0) is 0 Å². The lowest BCUT2D eigenvalue weighted by atomic mass is 9.97. The van der Waals surface area contributed by atoms with Crippen LogP contribution >= 0.6 is 23.2 Å². The van der Waals surface area contributed by atoms with Gasteiger partial charge in [0.2, 0.25) is 0 Å². The first-order chi connectivity index (χ1) is 14.8. The number of pyridine rings is 1. The highest BCUT2D eigenvalue weighted by Crippen LogP contribution is 2.32. The lowest BCUT2D eigenvalue weighted by Gasteiger charge is -2.15. The molecule has 0 aliphatic carbocycles. The van der Waals surface area contributed by atoms with Gasteiger partial charge in [0, 0.05) is 28.1 Å². The minimum Gasteiger partial charge on any atom is -0.321 e. The van der Waals surface area contributed by atoms with Crippen LogP contribution in [0.1, 0.15) is 15.9 Å². The normalized spacial score (nSPS) is 10.8. The van der Waals surface area contributed by atoms with Crippen molar-refractivity contribution in [1.82, 2.24) is 4.98 Å². The number of para-hydroxylation sites is 1. The van der Waals surface area contributed by atoms with E-state index >= 15 is 0 Å². The molecule has 0 saturated heterocycles. The predicted molar refractivity (Wildman–Crippen MR) is 123 cm³/mol. The van der Waals surface area contributed by atoms with Crippen LogP contribution < -0.4 is 5.32 Å². The number of nitro benzene ring substituents is 1. The lowest BCUT2D eigenvalue weighted by Crippen LogP contribution is -2.15. The fourth-order valence-electron chi connectivity index (χ4n) is 3.39. The van der Waals surface area contributed by atoms with Crippen LogP contribution in [-0.4, -0.2) is 15.8 Å². The summed E-state index contributed by atoms with van der Waals surface area (Å²) in [7, 11) is 0. The second-order valence-electron chi connectivity index (χ2n) is 6.86. The third-order valence-electron chi connectivity index (χ3n) is 4.89. The molecule has 0 bridgehead atoms. The van der Waals surface area contributed by atoms with Crippen LogP contribution in [0.3, 0.4) is 0 Å². The highest BCUT2D eigenvalue weighted by molar-refractivity contribution is 6.34. The van der Waals surface area contributed by atoms with Crippen molar-refractivity contribution < 1.29 is 9.72 Å². The van der Waals surface area contributed by atoms with Crippen molar-refractivity contribution in [2.24, 2.45) is 0 Å². The molecule has 0 fully saturated rings. The van der Waals surface area contributed by atoms with E-state index in [4.69, 9.17) is 28.2 Å². The number of nitro groups is 1. The van der Waals surface area contributed by atoms with Crippen LogP contribution in [0.15, 0.2) is 66.7 Å². The third-order valence-corrected chi connectivity index (χ3v) is 5.46. The summed E-state index contributed by atoms with van der Waals surface area (Å²) in [6, 6.07) is 18.5. The Morgan fingerprint density at radius 2 is 1.74 bits per heavy atom. The summed E-state index contributed by atoms with van der Waals surface area (Å²) in [6.07, 6.45) is 0. The zero-order chi connectivity index (χ0) is 22.1. The van der Waals surface area contributed by atoms with Gasteiger partial charge in [-0.25, -0.2) is 4.98 Å². The standard InChI is InChI=1S/C23H15Cl2N3O3/c1-13-21(23(29)27-20-11-10-16(28(30)31)12-18(20)25)17-4-2-3-5-19(17)26-22(13)14-6-8-15(24)9-7-14/h2-12H,1H3,(H,27,29). The average molecular weight is 452 g/mol. The molecule has 1 aromatic heterocycles. The smallest absolute Gasteiger partial charge is 0.271 e. The molecule has 0 spiro atoms. The molecule has 3 aromatic carbocycles. The second-order valence-corrected chi connectivity index (χ2v) is 7.70. The summed E-state index contributed by atoms with van der Waals surface area (Å²) in [5, 5.41) is 15.1. The van der Waals surface area contributed by atoms with E-state index in [2.05, 4.69) is 5.32 Å². The van der Waals surface area contributed by atoms with Crippen molar-refractivity contribution in [3.05, 3.63) is 98.0 Å². The first-order valence-corrected chi connectivity index (χ1v) is 10.0. The SMILES string of the molecule is Cc1c(-c2ccc(Cl)cc2)nc2ccccc2c1C(=O)Nc1ccc([N+](=O)[O-])cc1Cl. The number of hydrogen-bond acceptors (Lipinski definition) is 4. The summed E-state index contributed by atoms with van der Waals surface area (Å²) >= 11 is 12.2. The Morgan fingerprint density at radius 3 is 2.42 bits per heavy atom. The summed E-state index contributed by atoms with van der Waals surface area (Å²) in [5.74, 6) is -0.387. The van der Waals surface area contributed by atoms with E-state index in [-0.39, 0.29) is 22.3 Å². The fraction of sp³-hybridized carbons (Fsp3) is 0.0435. The number of anilines is 1. The van der Waals surface area contributed by atoms with Crippen molar-refractivity contribution >= 4 is 51.4 Å². The van der Waals surface area contributed by atoms with Gasteiger partial charge in [-0.1, -0.05) is 53.5 Å². The number of amides is 1. The van der Waals surface area contributed by atoms with E-state index in [9.17, 15) is 14.9 Å². The van der Waals surface area contributed by atoms with Gasteiger partial charge in [-0.3, -0.25) is 14.9 Å². The average Bonchev–Trinajstić information content (AvgIpc) is 2.75. The topological polar surface area (TPSA) is 85.1 Å². The molecule has 1 amide bonds. The Labute approximate surface area is 187 Å². The van der Waals surface area contributed by atoms with Crippen molar-refractivity contribution in [3.8, 4) is 11.3 Å². The highest BCUT2D eigenvalue weighted by atomic mass is 35.5. The van der Waals surface area contributed by atoms with Gasteiger partial charge in [-0.05, 0) is 36.8 Å². The lowest BCUT2D eigenvalue weighted by molar-refractivity contribution is -0.384. The molecular formula is C23H15Cl2N3O3. The van der Waals surface area contributed by atoms with E-state index in [0.29, 0.717) is 32.7 Å². The Hall–Kier alpha value is -3.48. The van der Waals surface area contributed by atoms with Crippen LogP contribution in [0, 0.1) is 17.0 Å². The number of nitrogens with zero attached hydrogens (tertiary/aromatic N) is 2. The van der Waals surface area contributed by atoms with E-state index in [0.717, 1.165) is 5.56 Å². The van der Waals surface area contributed by atoms with Gasteiger partial charge in [-0.2, -0.15) is 0 Å². The largest absolute Gasteiger partial charge is 0.321 e. The number of hydrogen-bond donors (Lipinski definition) is 1. The summed E-state index contributed by atoms with van der Waals surface area (Å²) in [6.45, 7) is 1.83. The van der Waals surface area contributed by atoms with E-state index in [1.54, 1.807) is 12.1 Å². The van der Waals surface area contributed by atoms with Gasteiger partial charge in [-0.15, -0.1) is 0 Å². The number of carbonyl (C=O) groups excluding carboxylic acids is 1. The van der Waals surface area contributed by atoms with Gasteiger partial charge in [0.05, 0.1) is 32.4 Å². The maximum absolute atomic E-state index is 13.3. The summed E-state index contributed by atoms with van der Waals surface area (Å²) in [5.41, 5.74) is 3.43. The van der Waals surface area contributed by atoms with Crippen LogP contribution in [0.4, 0.5) is 11.4 Å². The predicted octanol–water partition coefficient (Wildman–Crippen LogP) is 6.68. The maximum Gasteiger partial charge on any atom is 0.271 e. The molecule has 1 heterocycles. The number of benzene rings is 3. The second kappa shape index (κ2) is 8.34. The van der Waals surface area contributed by atoms with Gasteiger partial charge < -0.3 is 5.32 Å². The Bertz CT molecular complexity index is 1340. The highest BCUT2D eigenvalue weighted by Gasteiger charge is 2.20. The monoisotopic (exact) mass is 451 g/mol. The molecule has 1 N–H and O–H groups in total. The molecule has 4 aromatic rings. The molecule has 0 radical (unpaired) electrons. The number of aromatic nitrogens is 1. The molecule has 0 atom stereocenters. The molecule has 0 saturated carbocycles. The maximum atomic E-state index is 13.3. The third kappa shape index (κ3) is 4.08. The molecule has 4 rings (SSSR count). The van der Waals surface area contributed by atoms with Crippen molar-refractivity contribution in [2.45, 2.75) is 6.92 Å². The van der Waals surface area contributed by atoms with Gasteiger partial charge >= 0.3 is 0 Å². The van der Waals surface area contributed by atoms with Crippen molar-refractivity contribution in [2.75, 3.05) is 5.32 Å². The number of carbonyl (C=O) groups is 1. The molecule has 6 nitrogen and oxygen atoms in total. The number of fused-ring (bicyclic) bond motifs is 1.